The smallest absolute Gasteiger partial charge is 0.308 e. The van der Waals surface area contributed by atoms with Gasteiger partial charge in [0.05, 0.1) is 12.1 Å². The molecule has 28 heavy (non-hydrogen) atoms. The van der Waals surface area contributed by atoms with Crippen LogP contribution in [-0.2, 0) is 16.5 Å². The summed E-state index contributed by atoms with van der Waals surface area (Å²) in [5.74, 6) is 1.94. The Morgan fingerprint density at radius 3 is 2.43 bits per heavy atom. The number of terminal acetylenes is 1. The summed E-state index contributed by atoms with van der Waals surface area (Å²) >= 11 is 0. The molecule has 7 heteroatoms. The number of hydrogen-bond acceptors (Lipinski definition) is 2. The molecule has 0 spiro atoms. The van der Waals surface area contributed by atoms with E-state index in [2.05, 4.69) is 5.92 Å². The summed E-state index contributed by atoms with van der Waals surface area (Å²) in [6, 6.07) is 3.16. The molecular formula is C21H21F3N2O2. The Bertz CT molecular complexity index is 1040. The molecule has 4 nitrogen and oxygen atoms in total. The predicted molar refractivity (Wildman–Crippen MR) is 102 cm³/mol. The van der Waals surface area contributed by atoms with Crippen molar-refractivity contribution in [2.45, 2.75) is 45.3 Å². The molecular weight excluding hydrogens is 369 g/mol. The summed E-state index contributed by atoms with van der Waals surface area (Å²) in [6.07, 6.45) is 3.75. The van der Waals surface area contributed by atoms with Gasteiger partial charge in [0.1, 0.15) is 5.69 Å². The number of fused-ring (bicyclic) bond motifs is 1. The molecule has 1 aliphatic carbocycles. The van der Waals surface area contributed by atoms with Gasteiger partial charge in [-0.2, -0.15) is 13.2 Å². The van der Waals surface area contributed by atoms with Crippen LogP contribution >= 0.6 is 0 Å². The van der Waals surface area contributed by atoms with Crippen molar-refractivity contribution in [1.82, 2.24) is 4.57 Å². The van der Waals surface area contributed by atoms with Gasteiger partial charge in [-0.05, 0) is 45.7 Å². The first-order chi connectivity index (χ1) is 12.9. The van der Waals surface area contributed by atoms with E-state index in [1.54, 1.807) is 20.8 Å². The molecule has 1 aliphatic rings. The molecule has 1 amide bonds. The van der Waals surface area contributed by atoms with Crippen molar-refractivity contribution >= 4 is 22.4 Å². The van der Waals surface area contributed by atoms with Crippen molar-refractivity contribution in [1.29, 1.82) is 0 Å². The third kappa shape index (κ3) is 3.64. The van der Waals surface area contributed by atoms with Crippen LogP contribution in [0.3, 0.4) is 0 Å². The first-order valence-corrected chi connectivity index (χ1v) is 8.97. The highest BCUT2D eigenvalue weighted by molar-refractivity contribution is 6.05. The number of carbonyl (C=O) groups excluding carboxylic acids is 1. The van der Waals surface area contributed by atoms with Crippen molar-refractivity contribution < 1.29 is 18.0 Å². The predicted octanol–water partition coefficient (Wildman–Crippen LogP) is 4.15. The monoisotopic (exact) mass is 390 g/mol. The van der Waals surface area contributed by atoms with Crippen molar-refractivity contribution in [3.05, 3.63) is 40.3 Å². The van der Waals surface area contributed by atoms with E-state index in [1.165, 1.54) is 21.7 Å². The number of alkyl halides is 3. The molecule has 0 unspecified atom stereocenters. The number of carbonyl (C=O) groups is 1. The first-order valence-electron chi connectivity index (χ1n) is 8.97. The molecule has 148 valence electrons. The summed E-state index contributed by atoms with van der Waals surface area (Å²) in [7, 11) is 0. The van der Waals surface area contributed by atoms with E-state index in [1.807, 2.05) is 0 Å². The zero-order chi connectivity index (χ0) is 20.9. The third-order valence-electron chi connectivity index (χ3n) is 4.76. The fourth-order valence-corrected chi connectivity index (χ4v) is 3.16. The van der Waals surface area contributed by atoms with E-state index >= 15 is 0 Å². The van der Waals surface area contributed by atoms with E-state index in [-0.39, 0.29) is 34.8 Å². The van der Waals surface area contributed by atoms with E-state index in [0.717, 1.165) is 25.0 Å². The molecule has 0 atom stereocenters. The number of nitrogens with zero attached hydrogens (tertiary/aromatic N) is 2. The van der Waals surface area contributed by atoms with Crippen molar-refractivity contribution in [3.63, 3.8) is 0 Å². The van der Waals surface area contributed by atoms with Gasteiger partial charge in [-0.3, -0.25) is 14.5 Å². The largest absolute Gasteiger partial charge is 0.416 e. The Labute approximate surface area is 160 Å². The van der Waals surface area contributed by atoms with Crippen LogP contribution in [0.15, 0.2) is 29.2 Å². The summed E-state index contributed by atoms with van der Waals surface area (Å²) in [5, 5.41) is 0.507. The molecule has 1 aromatic carbocycles. The molecule has 1 fully saturated rings. The summed E-state index contributed by atoms with van der Waals surface area (Å²) in [5.41, 5.74) is -1.93. The summed E-state index contributed by atoms with van der Waals surface area (Å²) in [4.78, 5) is 27.3. The third-order valence-corrected chi connectivity index (χ3v) is 4.76. The maximum absolute atomic E-state index is 13.3. The van der Waals surface area contributed by atoms with Crippen LogP contribution in [0.2, 0.25) is 0 Å². The quantitative estimate of drug-likeness (QED) is 0.739. The van der Waals surface area contributed by atoms with Crippen molar-refractivity contribution in [2.24, 2.45) is 5.92 Å². The standard InChI is InChI=1S/C21H21F3N2O2/c1-5-10-25(18(27)13-6-7-13)17-16-9-8-15(21(22,23)24)11-14(16)12-26(19(17)28)20(2,3)4/h1,8-9,11-13H,6-7,10H2,2-4H3. The van der Waals surface area contributed by atoms with Crippen molar-refractivity contribution in [2.75, 3.05) is 11.4 Å². The fourth-order valence-electron chi connectivity index (χ4n) is 3.16. The molecule has 0 bridgehead atoms. The number of rotatable bonds is 3. The van der Waals surface area contributed by atoms with Crippen LogP contribution in [0.25, 0.3) is 10.8 Å². The topological polar surface area (TPSA) is 42.3 Å². The number of anilines is 1. The fraction of sp³-hybridized carbons (Fsp3) is 0.429. The van der Waals surface area contributed by atoms with Gasteiger partial charge >= 0.3 is 6.18 Å². The maximum atomic E-state index is 13.3. The minimum absolute atomic E-state index is 0.0380. The lowest BCUT2D eigenvalue weighted by Crippen LogP contribution is -2.41. The lowest BCUT2D eigenvalue weighted by atomic mass is 10.0. The molecule has 0 aliphatic heterocycles. The Hall–Kier alpha value is -2.75. The zero-order valence-corrected chi connectivity index (χ0v) is 15.9. The van der Waals surface area contributed by atoms with Gasteiger partial charge in [0.25, 0.3) is 5.56 Å². The van der Waals surface area contributed by atoms with Crippen molar-refractivity contribution in [3.8, 4) is 12.3 Å². The second kappa shape index (κ2) is 6.69. The molecule has 2 aromatic rings. The number of pyridine rings is 1. The molecule has 1 heterocycles. The molecule has 0 saturated heterocycles. The molecule has 0 N–H and O–H groups in total. The van der Waals surface area contributed by atoms with Gasteiger partial charge in [0, 0.05) is 28.4 Å². The highest BCUT2D eigenvalue weighted by Gasteiger charge is 2.36. The Morgan fingerprint density at radius 1 is 1.29 bits per heavy atom. The number of amides is 1. The summed E-state index contributed by atoms with van der Waals surface area (Å²) in [6.45, 7) is 5.19. The van der Waals surface area contributed by atoms with Crippen LogP contribution in [0.5, 0.6) is 0 Å². The molecule has 0 radical (unpaired) electrons. The lowest BCUT2D eigenvalue weighted by molar-refractivity contribution is -0.137. The number of benzene rings is 1. The van der Waals surface area contributed by atoms with Crippen LogP contribution in [0.4, 0.5) is 18.9 Å². The van der Waals surface area contributed by atoms with E-state index in [9.17, 15) is 22.8 Å². The van der Waals surface area contributed by atoms with Crippen LogP contribution in [0, 0.1) is 18.3 Å². The van der Waals surface area contributed by atoms with E-state index in [0.29, 0.717) is 0 Å². The van der Waals surface area contributed by atoms with Gasteiger partial charge in [-0.1, -0.05) is 12.0 Å². The average Bonchev–Trinajstić information content (AvgIpc) is 3.42. The minimum atomic E-state index is -4.51. The van der Waals surface area contributed by atoms with E-state index < -0.39 is 22.8 Å². The van der Waals surface area contributed by atoms with E-state index in [4.69, 9.17) is 6.42 Å². The molecule has 1 aromatic heterocycles. The highest BCUT2D eigenvalue weighted by Crippen LogP contribution is 2.36. The Morgan fingerprint density at radius 2 is 1.93 bits per heavy atom. The molecule has 3 rings (SSSR count). The first kappa shape index (κ1) is 20.0. The number of halogens is 3. The SMILES string of the molecule is C#CCN(C(=O)C1CC1)c1c(=O)n(C(C)(C)C)cc2cc(C(F)(F)F)ccc12. The minimum Gasteiger partial charge on any atom is -0.308 e. The Kier molecular flexibility index (Phi) is 4.78. The van der Waals surface area contributed by atoms with Gasteiger partial charge in [0.2, 0.25) is 5.91 Å². The summed E-state index contributed by atoms with van der Waals surface area (Å²) < 4.78 is 40.9. The second-order valence-corrected chi connectivity index (χ2v) is 8.03. The van der Waals surface area contributed by atoms with Gasteiger partial charge in [-0.15, -0.1) is 6.42 Å². The molecule has 1 saturated carbocycles. The van der Waals surface area contributed by atoms with Gasteiger partial charge in [0.15, 0.2) is 0 Å². The number of aromatic nitrogens is 1. The maximum Gasteiger partial charge on any atom is 0.416 e. The highest BCUT2D eigenvalue weighted by atomic mass is 19.4. The normalized spacial score (nSPS) is 14.8. The van der Waals surface area contributed by atoms with Gasteiger partial charge in [-0.25, -0.2) is 0 Å². The van der Waals surface area contributed by atoms with Crippen LogP contribution < -0.4 is 10.5 Å². The number of hydrogen-bond donors (Lipinski definition) is 0. The van der Waals surface area contributed by atoms with Crippen LogP contribution in [0.1, 0.15) is 39.2 Å². The van der Waals surface area contributed by atoms with Gasteiger partial charge < -0.3 is 4.57 Å². The lowest BCUT2D eigenvalue weighted by Gasteiger charge is -2.28. The zero-order valence-electron chi connectivity index (χ0n) is 15.9. The second-order valence-electron chi connectivity index (χ2n) is 8.03. The van der Waals surface area contributed by atoms with Crippen LogP contribution in [-0.4, -0.2) is 17.0 Å². The Balaban J connectivity index is 2.35. The average molecular weight is 390 g/mol.